The summed E-state index contributed by atoms with van der Waals surface area (Å²) in [6, 6.07) is 9.46. The first-order valence-corrected chi connectivity index (χ1v) is 12.3. The van der Waals surface area contributed by atoms with E-state index in [0.29, 0.717) is 43.3 Å². The third-order valence-electron chi connectivity index (χ3n) is 5.73. The van der Waals surface area contributed by atoms with Crippen LogP contribution in [-0.2, 0) is 9.53 Å². The number of carbonyl (C=O) groups is 1. The SMILES string of the molecule is C\C=C/C(=C\C=C\CC)c1cc2nc(NC(=O)C=C(N)c3cccc(F)c3)cc(N3CCOCC3)n2n1. The first-order chi connectivity index (χ1) is 18.0. The van der Waals surface area contributed by atoms with E-state index in [0.717, 1.165) is 23.5 Å². The van der Waals surface area contributed by atoms with Crippen LogP contribution < -0.4 is 16.0 Å². The van der Waals surface area contributed by atoms with E-state index in [2.05, 4.69) is 28.2 Å². The highest BCUT2D eigenvalue weighted by atomic mass is 19.1. The van der Waals surface area contributed by atoms with E-state index in [9.17, 15) is 9.18 Å². The Bertz CT molecular complexity index is 1380. The molecule has 4 rings (SSSR count). The molecule has 1 saturated heterocycles. The van der Waals surface area contributed by atoms with Crippen molar-refractivity contribution < 1.29 is 13.9 Å². The van der Waals surface area contributed by atoms with Crippen LogP contribution in [0, 0.1) is 5.82 Å². The van der Waals surface area contributed by atoms with Crippen LogP contribution in [0.15, 0.2) is 72.9 Å². The molecule has 8 nitrogen and oxygen atoms in total. The third kappa shape index (κ3) is 6.50. The number of allylic oxidation sites excluding steroid dienone is 6. The number of carbonyl (C=O) groups excluding carboxylic acids is 1. The van der Waals surface area contributed by atoms with Gasteiger partial charge in [0.05, 0.1) is 18.9 Å². The van der Waals surface area contributed by atoms with E-state index < -0.39 is 11.7 Å². The summed E-state index contributed by atoms with van der Waals surface area (Å²) in [7, 11) is 0. The number of fused-ring (bicyclic) bond motifs is 1. The minimum Gasteiger partial charge on any atom is -0.398 e. The quantitative estimate of drug-likeness (QED) is 0.346. The number of rotatable bonds is 8. The summed E-state index contributed by atoms with van der Waals surface area (Å²) in [5.41, 5.74) is 8.91. The highest BCUT2D eigenvalue weighted by molar-refractivity contribution is 6.03. The van der Waals surface area contributed by atoms with Crippen molar-refractivity contribution in [1.29, 1.82) is 0 Å². The average molecular weight is 503 g/mol. The maximum absolute atomic E-state index is 13.5. The van der Waals surface area contributed by atoms with Crippen molar-refractivity contribution in [3.8, 4) is 0 Å². The van der Waals surface area contributed by atoms with Crippen LogP contribution in [0.5, 0.6) is 0 Å². The molecule has 0 saturated carbocycles. The number of nitrogens with zero attached hydrogens (tertiary/aromatic N) is 4. The largest absolute Gasteiger partial charge is 0.398 e. The van der Waals surface area contributed by atoms with Gasteiger partial charge in [-0.25, -0.2) is 9.37 Å². The zero-order valence-corrected chi connectivity index (χ0v) is 21.0. The summed E-state index contributed by atoms with van der Waals surface area (Å²) < 4.78 is 20.9. The lowest BCUT2D eigenvalue weighted by molar-refractivity contribution is -0.111. The third-order valence-corrected chi connectivity index (χ3v) is 5.73. The molecule has 192 valence electrons. The van der Waals surface area contributed by atoms with Gasteiger partial charge in [0, 0.05) is 48.1 Å². The number of benzene rings is 1. The smallest absolute Gasteiger partial charge is 0.251 e. The Labute approximate surface area is 215 Å². The number of amides is 1. The van der Waals surface area contributed by atoms with Crippen molar-refractivity contribution in [2.24, 2.45) is 5.73 Å². The van der Waals surface area contributed by atoms with Crippen LogP contribution in [-0.4, -0.2) is 46.8 Å². The van der Waals surface area contributed by atoms with E-state index in [1.165, 1.54) is 18.2 Å². The Hall–Kier alpha value is -4.24. The minimum atomic E-state index is -0.467. The minimum absolute atomic E-state index is 0.152. The maximum atomic E-state index is 13.5. The maximum Gasteiger partial charge on any atom is 0.251 e. The van der Waals surface area contributed by atoms with Gasteiger partial charge in [0.2, 0.25) is 0 Å². The highest BCUT2D eigenvalue weighted by Crippen LogP contribution is 2.25. The fourth-order valence-corrected chi connectivity index (χ4v) is 3.95. The number of nitrogens with two attached hydrogens (primary N) is 1. The van der Waals surface area contributed by atoms with Crippen molar-refractivity contribution in [3.63, 3.8) is 0 Å². The summed E-state index contributed by atoms with van der Waals surface area (Å²) >= 11 is 0. The summed E-state index contributed by atoms with van der Waals surface area (Å²) in [5.74, 6) is 0.257. The van der Waals surface area contributed by atoms with Crippen molar-refractivity contribution in [2.75, 3.05) is 36.5 Å². The fourth-order valence-electron chi connectivity index (χ4n) is 3.95. The Morgan fingerprint density at radius 3 is 2.78 bits per heavy atom. The molecule has 0 bridgehead atoms. The molecule has 1 aliphatic heterocycles. The lowest BCUT2D eigenvalue weighted by atomic mass is 10.1. The molecular weight excluding hydrogens is 471 g/mol. The van der Waals surface area contributed by atoms with Crippen molar-refractivity contribution >= 4 is 34.5 Å². The van der Waals surface area contributed by atoms with Gasteiger partial charge in [-0.15, -0.1) is 0 Å². The molecule has 1 amide bonds. The van der Waals surface area contributed by atoms with Gasteiger partial charge in [0.15, 0.2) is 5.65 Å². The van der Waals surface area contributed by atoms with E-state index in [4.69, 9.17) is 15.6 Å². The second-order valence-electron chi connectivity index (χ2n) is 8.46. The molecule has 3 N–H and O–H groups in total. The van der Waals surface area contributed by atoms with Crippen LogP contribution >= 0.6 is 0 Å². The molecule has 1 fully saturated rings. The second-order valence-corrected chi connectivity index (χ2v) is 8.46. The van der Waals surface area contributed by atoms with Gasteiger partial charge in [-0.1, -0.05) is 49.4 Å². The zero-order valence-electron chi connectivity index (χ0n) is 21.0. The van der Waals surface area contributed by atoms with Crippen LogP contribution in [0.1, 0.15) is 31.5 Å². The Morgan fingerprint density at radius 2 is 2.05 bits per heavy atom. The average Bonchev–Trinajstić information content (AvgIpc) is 3.32. The number of aromatic nitrogens is 3. The standard InChI is InChI=1S/C28H31FN6O2/c1-3-5-6-9-20(8-4-2)24-18-26-31-25(19-28(35(26)33-24)34-12-14-37-15-13-34)32-27(36)17-23(30)21-10-7-11-22(29)16-21/h4-11,16-19H,3,12-15,30H2,1-2H3,(H,31,32,36)/b6-5+,8-4-,20-9+,23-17?. The number of morpholine rings is 1. The molecule has 0 unspecified atom stereocenters. The van der Waals surface area contributed by atoms with Gasteiger partial charge >= 0.3 is 0 Å². The van der Waals surface area contributed by atoms with E-state index in [-0.39, 0.29) is 5.70 Å². The Morgan fingerprint density at radius 1 is 1.24 bits per heavy atom. The van der Waals surface area contributed by atoms with Crippen LogP contribution in [0.2, 0.25) is 0 Å². The Balaban J connectivity index is 1.70. The van der Waals surface area contributed by atoms with Crippen LogP contribution in [0.3, 0.4) is 0 Å². The number of hydrogen-bond acceptors (Lipinski definition) is 6. The van der Waals surface area contributed by atoms with Gasteiger partial charge in [-0.2, -0.15) is 9.61 Å². The van der Waals surface area contributed by atoms with Crippen molar-refractivity contribution in [3.05, 3.63) is 89.9 Å². The fraction of sp³-hybridized carbons (Fsp3) is 0.250. The van der Waals surface area contributed by atoms with Crippen LogP contribution in [0.4, 0.5) is 16.0 Å². The topological polar surface area (TPSA) is 97.8 Å². The summed E-state index contributed by atoms with van der Waals surface area (Å²) in [6.07, 6.45) is 12.2. The van der Waals surface area contributed by atoms with Crippen LogP contribution in [0.25, 0.3) is 16.9 Å². The lowest BCUT2D eigenvalue weighted by Gasteiger charge is -2.29. The zero-order chi connectivity index (χ0) is 26.2. The van der Waals surface area contributed by atoms with Gasteiger partial charge < -0.3 is 20.7 Å². The molecule has 9 heteroatoms. The Kier molecular flexibility index (Phi) is 8.48. The number of halogens is 1. The first-order valence-electron chi connectivity index (χ1n) is 12.3. The molecule has 2 aromatic heterocycles. The molecule has 0 atom stereocenters. The predicted octanol–water partition coefficient (Wildman–Crippen LogP) is 4.57. The molecule has 0 aliphatic carbocycles. The van der Waals surface area contributed by atoms with E-state index in [1.54, 1.807) is 22.7 Å². The molecule has 37 heavy (non-hydrogen) atoms. The number of nitrogens with one attached hydrogen (secondary N) is 1. The highest BCUT2D eigenvalue weighted by Gasteiger charge is 2.19. The van der Waals surface area contributed by atoms with Gasteiger partial charge in [0.1, 0.15) is 17.5 Å². The van der Waals surface area contributed by atoms with Crippen molar-refractivity contribution in [2.45, 2.75) is 20.3 Å². The normalized spacial score (nSPS) is 15.3. The first kappa shape index (κ1) is 25.8. The molecule has 3 aromatic rings. The van der Waals surface area contributed by atoms with Crippen molar-refractivity contribution in [1.82, 2.24) is 14.6 Å². The van der Waals surface area contributed by atoms with E-state index in [1.807, 2.05) is 37.3 Å². The van der Waals surface area contributed by atoms with E-state index >= 15 is 0 Å². The number of hydrogen-bond donors (Lipinski definition) is 2. The predicted molar refractivity (Wildman–Crippen MR) is 145 cm³/mol. The number of ether oxygens (including phenoxy) is 1. The molecular formula is C28H31FN6O2. The molecule has 1 aliphatic rings. The van der Waals surface area contributed by atoms with Gasteiger partial charge in [-0.05, 0) is 25.5 Å². The molecule has 0 radical (unpaired) electrons. The summed E-state index contributed by atoms with van der Waals surface area (Å²) in [6.45, 7) is 6.60. The molecule has 0 spiro atoms. The lowest BCUT2D eigenvalue weighted by Crippen LogP contribution is -2.37. The second kappa shape index (κ2) is 12.1. The van der Waals surface area contributed by atoms with Gasteiger partial charge in [-0.3, -0.25) is 4.79 Å². The van der Waals surface area contributed by atoms with Gasteiger partial charge in [0.25, 0.3) is 5.91 Å². The monoisotopic (exact) mass is 502 g/mol. The number of anilines is 2. The molecule has 1 aromatic carbocycles. The summed E-state index contributed by atoms with van der Waals surface area (Å²) in [5, 5.41) is 7.64. The molecule has 3 heterocycles. The summed E-state index contributed by atoms with van der Waals surface area (Å²) in [4.78, 5) is 19.6.